The maximum atomic E-state index is 13.8. The first-order valence-corrected chi connectivity index (χ1v) is 9.85. The van der Waals surface area contributed by atoms with Crippen molar-refractivity contribution in [3.05, 3.63) is 46.8 Å². The molecular formula is C22H17F3N4O3. The van der Waals surface area contributed by atoms with Crippen LogP contribution in [0.25, 0.3) is 17.0 Å². The largest absolute Gasteiger partial charge is 0.433 e. The third-order valence-corrected chi connectivity index (χ3v) is 6.10. The van der Waals surface area contributed by atoms with Gasteiger partial charge in [-0.2, -0.15) is 13.2 Å². The van der Waals surface area contributed by atoms with Gasteiger partial charge in [0.05, 0.1) is 6.04 Å². The number of allylic oxidation sites excluding steroid dienone is 2. The number of carbonyl (C=O) groups excluding carboxylic acids is 2. The van der Waals surface area contributed by atoms with E-state index in [2.05, 4.69) is 16.8 Å². The first-order valence-electron chi connectivity index (χ1n) is 9.85. The third-order valence-electron chi connectivity index (χ3n) is 6.10. The Hall–Kier alpha value is -3.58. The number of likely N-dealkylation sites (N-methyl/N-ethyl adjacent to an activating group) is 1. The molecule has 1 aromatic heterocycles. The fourth-order valence-electron chi connectivity index (χ4n) is 4.41. The molecule has 1 aromatic carbocycles. The van der Waals surface area contributed by atoms with E-state index in [0.29, 0.717) is 29.7 Å². The van der Waals surface area contributed by atoms with Gasteiger partial charge in [-0.25, -0.2) is 4.98 Å². The molecule has 164 valence electrons. The van der Waals surface area contributed by atoms with E-state index in [4.69, 9.17) is 5.73 Å². The highest BCUT2D eigenvalue weighted by Gasteiger charge is 2.46. The predicted octanol–water partition coefficient (Wildman–Crippen LogP) is 1.95. The van der Waals surface area contributed by atoms with Crippen molar-refractivity contribution in [2.75, 3.05) is 13.6 Å². The maximum Gasteiger partial charge on any atom is 0.433 e. The van der Waals surface area contributed by atoms with Gasteiger partial charge in [0.15, 0.2) is 11.4 Å². The van der Waals surface area contributed by atoms with Gasteiger partial charge in [-0.1, -0.05) is 24.0 Å². The zero-order chi connectivity index (χ0) is 23.0. The third kappa shape index (κ3) is 2.85. The van der Waals surface area contributed by atoms with Crippen molar-refractivity contribution in [2.24, 2.45) is 5.73 Å². The number of nitrogens with two attached hydrogens (primary N) is 1. The highest BCUT2D eigenvalue weighted by molar-refractivity contribution is 5.95. The van der Waals surface area contributed by atoms with Gasteiger partial charge >= 0.3 is 6.18 Å². The summed E-state index contributed by atoms with van der Waals surface area (Å²) in [7, 11) is 1.57. The average Bonchev–Trinajstić information content (AvgIpc) is 3.13. The molecule has 0 radical (unpaired) electrons. The summed E-state index contributed by atoms with van der Waals surface area (Å²) in [5, 5.41) is 10.5. The molecule has 4 heterocycles. The van der Waals surface area contributed by atoms with Crippen LogP contribution in [0.5, 0.6) is 0 Å². The van der Waals surface area contributed by atoms with Crippen LogP contribution in [0.3, 0.4) is 0 Å². The van der Waals surface area contributed by atoms with E-state index in [-0.39, 0.29) is 12.2 Å². The van der Waals surface area contributed by atoms with Crippen LogP contribution >= 0.6 is 0 Å². The van der Waals surface area contributed by atoms with Gasteiger partial charge in [0.1, 0.15) is 5.82 Å². The van der Waals surface area contributed by atoms with Crippen LogP contribution in [-0.2, 0) is 11.0 Å². The number of amides is 2. The summed E-state index contributed by atoms with van der Waals surface area (Å²) in [6, 6.07) is 4.35. The molecule has 1 unspecified atom stereocenters. The SMILES string of the molecule is CN1CC[C@@](O)(C#Cc2ccc3c(c2)-c2nc(C(N)=O)c(C(F)(F)F)n2C2C=C3C2)C1=O. The summed E-state index contributed by atoms with van der Waals surface area (Å²) in [6.07, 6.45) is -2.59. The summed E-state index contributed by atoms with van der Waals surface area (Å²) < 4.78 is 42.5. The number of imidazole rings is 1. The number of benzene rings is 1. The topological polar surface area (TPSA) is 101 Å². The number of nitrogens with zero attached hydrogens (tertiary/aromatic N) is 3. The Kier molecular flexibility index (Phi) is 4.11. The summed E-state index contributed by atoms with van der Waals surface area (Å²) in [5.41, 5.74) is 3.75. The molecular weight excluding hydrogens is 425 g/mol. The summed E-state index contributed by atoms with van der Waals surface area (Å²) in [5.74, 6) is 3.59. The van der Waals surface area contributed by atoms with Crippen LogP contribution in [0.2, 0.25) is 0 Å². The van der Waals surface area contributed by atoms with E-state index in [1.165, 1.54) is 4.90 Å². The van der Waals surface area contributed by atoms with Gasteiger partial charge in [-0.3, -0.25) is 9.59 Å². The first-order chi connectivity index (χ1) is 15.0. The molecule has 4 aliphatic rings. The molecule has 32 heavy (non-hydrogen) atoms. The Morgan fingerprint density at radius 2 is 2.06 bits per heavy atom. The van der Waals surface area contributed by atoms with Gasteiger partial charge in [-0.15, -0.1) is 0 Å². The fourth-order valence-corrected chi connectivity index (χ4v) is 4.41. The van der Waals surface area contributed by atoms with Crippen molar-refractivity contribution >= 4 is 17.4 Å². The number of primary amides is 1. The smallest absolute Gasteiger partial charge is 0.369 e. The van der Waals surface area contributed by atoms with Crippen LogP contribution in [-0.4, -0.2) is 50.6 Å². The number of aliphatic hydroxyl groups is 1. The minimum atomic E-state index is -4.82. The van der Waals surface area contributed by atoms with Crippen molar-refractivity contribution < 1.29 is 27.9 Å². The summed E-state index contributed by atoms with van der Waals surface area (Å²) in [6.45, 7) is 0.372. The quantitative estimate of drug-likeness (QED) is 0.660. The van der Waals surface area contributed by atoms with E-state index in [9.17, 15) is 27.9 Å². The summed E-state index contributed by atoms with van der Waals surface area (Å²) >= 11 is 0. The second kappa shape index (κ2) is 6.46. The summed E-state index contributed by atoms with van der Waals surface area (Å²) in [4.78, 5) is 29.3. The highest BCUT2D eigenvalue weighted by Crippen LogP contribution is 2.50. The number of alkyl halides is 3. The maximum absolute atomic E-state index is 13.8. The molecule has 10 heteroatoms. The number of hydrogen-bond acceptors (Lipinski definition) is 4. The Labute approximate surface area is 180 Å². The second-order valence-corrected chi connectivity index (χ2v) is 8.18. The van der Waals surface area contributed by atoms with Gasteiger partial charge < -0.3 is 20.3 Å². The Bertz CT molecular complexity index is 1300. The van der Waals surface area contributed by atoms with Gasteiger partial charge in [0.2, 0.25) is 5.60 Å². The van der Waals surface area contributed by atoms with Crippen LogP contribution in [0.15, 0.2) is 24.3 Å². The minimum absolute atomic E-state index is 0.0195. The van der Waals surface area contributed by atoms with E-state index in [1.807, 2.05) is 0 Å². The van der Waals surface area contributed by atoms with E-state index < -0.39 is 41.0 Å². The molecule has 3 N–H and O–H groups in total. The monoisotopic (exact) mass is 442 g/mol. The predicted molar refractivity (Wildman–Crippen MR) is 107 cm³/mol. The lowest BCUT2D eigenvalue weighted by Gasteiger charge is -2.27. The normalized spacial score (nSPS) is 23.4. The van der Waals surface area contributed by atoms with Crippen molar-refractivity contribution in [3.63, 3.8) is 0 Å². The molecule has 7 nitrogen and oxygen atoms in total. The van der Waals surface area contributed by atoms with Crippen molar-refractivity contribution in [2.45, 2.75) is 30.7 Å². The molecule has 2 bridgehead atoms. The molecule has 1 fully saturated rings. The lowest BCUT2D eigenvalue weighted by atomic mass is 9.86. The van der Waals surface area contributed by atoms with E-state index >= 15 is 0 Å². The Morgan fingerprint density at radius 3 is 2.66 bits per heavy atom. The standard InChI is InChI=1S/C22H17F3N4O3/c1-28-7-6-21(32,20(28)31)5-4-11-2-3-14-12-9-13(10-12)29-17(22(23,24)25)16(18(26)30)27-19(29)15(14)8-11/h2-3,8-9,13,32H,6-7,10H2,1H3,(H2,26,30)/t13?,21-/m0/s1. The number of carbonyl (C=O) groups is 2. The molecule has 2 aromatic rings. The lowest BCUT2D eigenvalue weighted by Crippen LogP contribution is -2.37. The zero-order valence-corrected chi connectivity index (χ0v) is 16.8. The second-order valence-electron chi connectivity index (χ2n) is 8.18. The average molecular weight is 442 g/mol. The van der Waals surface area contributed by atoms with Gasteiger partial charge in [0, 0.05) is 31.1 Å². The minimum Gasteiger partial charge on any atom is -0.369 e. The van der Waals surface area contributed by atoms with Crippen molar-refractivity contribution in [1.29, 1.82) is 0 Å². The van der Waals surface area contributed by atoms with Crippen molar-refractivity contribution in [3.8, 4) is 23.2 Å². The number of halogens is 3. The van der Waals surface area contributed by atoms with Crippen LogP contribution in [0.4, 0.5) is 13.2 Å². The molecule has 1 saturated heterocycles. The molecule has 6 rings (SSSR count). The number of aromatic nitrogens is 2. The number of hydrogen-bond donors (Lipinski definition) is 2. The lowest BCUT2D eigenvalue weighted by molar-refractivity contribution is -0.144. The molecule has 2 amide bonds. The van der Waals surface area contributed by atoms with Crippen LogP contribution < -0.4 is 5.73 Å². The Balaban J connectivity index is 1.66. The van der Waals surface area contributed by atoms with Crippen LogP contribution in [0, 0.1) is 11.8 Å². The van der Waals surface area contributed by atoms with Crippen molar-refractivity contribution in [1.82, 2.24) is 14.5 Å². The Morgan fingerprint density at radius 1 is 1.34 bits per heavy atom. The van der Waals surface area contributed by atoms with Gasteiger partial charge in [-0.05, 0) is 29.7 Å². The number of rotatable bonds is 1. The molecule has 0 saturated carbocycles. The first kappa shape index (κ1) is 20.3. The van der Waals surface area contributed by atoms with Gasteiger partial charge in [0.25, 0.3) is 11.8 Å². The van der Waals surface area contributed by atoms with E-state index in [0.717, 1.165) is 10.1 Å². The number of likely N-dealkylation sites (tertiary alicyclic amines) is 1. The molecule has 0 spiro atoms. The highest BCUT2D eigenvalue weighted by atomic mass is 19.4. The molecule has 1 aliphatic carbocycles. The van der Waals surface area contributed by atoms with E-state index in [1.54, 1.807) is 31.3 Å². The molecule has 2 atom stereocenters. The fraction of sp³-hybridized carbons (Fsp3) is 0.318. The van der Waals surface area contributed by atoms with Crippen LogP contribution in [0.1, 0.15) is 46.2 Å². The molecule has 3 aliphatic heterocycles. The zero-order valence-electron chi connectivity index (χ0n) is 16.8.